The van der Waals surface area contributed by atoms with Crippen LogP contribution in [0.2, 0.25) is 0 Å². The van der Waals surface area contributed by atoms with Crippen LogP contribution in [0.4, 0.5) is 33.7 Å². The van der Waals surface area contributed by atoms with Crippen LogP contribution in [0.5, 0.6) is 5.75 Å². The van der Waals surface area contributed by atoms with Gasteiger partial charge in [0, 0.05) is 22.9 Å². The maximum atomic E-state index is 13.0. The van der Waals surface area contributed by atoms with Crippen LogP contribution in [-0.2, 0) is 9.53 Å². The minimum atomic E-state index is -4.52. The van der Waals surface area contributed by atoms with Crippen LogP contribution in [0.25, 0.3) is 0 Å². The number of halogens is 4. The Kier molecular flexibility index (Phi) is 7.13. The van der Waals surface area contributed by atoms with E-state index in [1.165, 1.54) is 24.3 Å². The maximum absolute atomic E-state index is 13.0. The second kappa shape index (κ2) is 10.1. The van der Waals surface area contributed by atoms with Crippen LogP contribution in [-0.4, -0.2) is 54.7 Å². The van der Waals surface area contributed by atoms with Crippen molar-refractivity contribution in [2.24, 2.45) is 0 Å². The number of anilines is 2. The Morgan fingerprint density at radius 2 is 1.74 bits per heavy atom. The molecule has 2 aliphatic rings. The summed E-state index contributed by atoms with van der Waals surface area (Å²) < 4.78 is 61.8. The van der Waals surface area contributed by atoms with Gasteiger partial charge in [-0.25, -0.2) is 9.18 Å². The number of alkyl halides is 3. The molecule has 4 rings (SSSR count). The van der Waals surface area contributed by atoms with Gasteiger partial charge in [-0.1, -0.05) is 0 Å². The van der Waals surface area contributed by atoms with E-state index in [1.54, 1.807) is 18.2 Å². The lowest BCUT2D eigenvalue weighted by Crippen LogP contribution is -2.47. The smallest absolute Gasteiger partial charge is 0.405 e. The molecule has 8 nitrogen and oxygen atoms in total. The van der Waals surface area contributed by atoms with E-state index in [-0.39, 0.29) is 18.8 Å². The monoisotopic (exact) mass is 497 g/mol. The van der Waals surface area contributed by atoms with Gasteiger partial charge in [-0.3, -0.25) is 4.79 Å². The number of ether oxygens (including phenoxy) is 2. The van der Waals surface area contributed by atoms with Crippen molar-refractivity contribution in [3.05, 3.63) is 53.8 Å². The fourth-order valence-electron chi connectivity index (χ4n) is 4.27. The molecule has 188 valence electrons. The molecular formula is C23H23F4N3O5. The summed E-state index contributed by atoms with van der Waals surface area (Å²) in [5.74, 6) is -1.03. The highest BCUT2D eigenvalue weighted by Gasteiger charge is 2.46. The van der Waals surface area contributed by atoms with Crippen molar-refractivity contribution in [3.63, 3.8) is 0 Å². The van der Waals surface area contributed by atoms with Gasteiger partial charge in [0.25, 0.3) is 0 Å². The molecule has 2 aromatic carbocycles. The van der Waals surface area contributed by atoms with Gasteiger partial charge in [-0.15, -0.1) is 0 Å². The Morgan fingerprint density at radius 3 is 2.43 bits per heavy atom. The van der Waals surface area contributed by atoms with E-state index in [2.05, 4.69) is 10.6 Å². The second-order valence-electron chi connectivity index (χ2n) is 8.34. The average molecular weight is 497 g/mol. The predicted octanol–water partition coefficient (Wildman–Crippen LogP) is 3.53. The van der Waals surface area contributed by atoms with Crippen molar-refractivity contribution in [2.45, 2.75) is 43.2 Å². The van der Waals surface area contributed by atoms with Gasteiger partial charge in [0.05, 0.1) is 19.1 Å². The molecule has 0 radical (unpaired) electrons. The first-order valence-corrected chi connectivity index (χ1v) is 10.9. The zero-order valence-electron chi connectivity index (χ0n) is 18.3. The minimum absolute atomic E-state index is 0.277. The Morgan fingerprint density at radius 1 is 1.06 bits per heavy atom. The molecule has 0 aromatic heterocycles. The molecular weight excluding hydrogens is 474 g/mol. The van der Waals surface area contributed by atoms with E-state index in [9.17, 15) is 32.3 Å². The lowest BCUT2D eigenvalue weighted by Gasteiger charge is -2.37. The molecule has 0 unspecified atom stereocenters. The molecule has 0 bridgehead atoms. The number of aliphatic hydroxyl groups is 1. The number of benzene rings is 2. The van der Waals surface area contributed by atoms with Crippen molar-refractivity contribution >= 4 is 23.3 Å². The van der Waals surface area contributed by atoms with Crippen molar-refractivity contribution < 1.29 is 41.7 Å². The molecule has 2 heterocycles. The molecule has 3 amide bonds. The third-order valence-electron chi connectivity index (χ3n) is 5.76. The molecule has 1 fully saturated rings. The van der Waals surface area contributed by atoms with E-state index in [4.69, 9.17) is 9.47 Å². The number of carbonyl (C=O) groups excluding carboxylic acids is 2. The van der Waals surface area contributed by atoms with Crippen LogP contribution >= 0.6 is 0 Å². The largest absolute Gasteiger partial charge is 0.487 e. The zero-order chi connectivity index (χ0) is 25.2. The summed E-state index contributed by atoms with van der Waals surface area (Å²) in [5.41, 5.74) is 1.56. The molecule has 0 aliphatic carbocycles. The average Bonchev–Trinajstić information content (AvgIpc) is 3.16. The lowest BCUT2D eigenvalue weighted by molar-refractivity contribution is -0.149. The van der Waals surface area contributed by atoms with Gasteiger partial charge >= 0.3 is 12.2 Å². The molecule has 2 aromatic rings. The zero-order valence-corrected chi connectivity index (χ0v) is 18.3. The highest BCUT2D eigenvalue weighted by Crippen LogP contribution is 2.47. The topological polar surface area (TPSA) is 109 Å². The molecule has 0 spiro atoms. The van der Waals surface area contributed by atoms with Crippen molar-refractivity contribution in [1.82, 2.24) is 5.32 Å². The third-order valence-corrected chi connectivity index (χ3v) is 5.76. The summed E-state index contributed by atoms with van der Waals surface area (Å²) >= 11 is 0. The van der Waals surface area contributed by atoms with Crippen molar-refractivity contribution in [3.8, 4) is 5.75 Å². The summed E-state index contributed by atoms with van der Waals surface area (Å²) in [6.45, 7) is -1.84. The number of hydrogen-bond acceptors (Lipinski definition) is 5. The van der Waals surface area contributed by atoms with Crippen molar-refractivity contribution in [2.75, 3.05) is 23.8 Å². The fourth-order valence-corrected chi connectivity index (χ4v) is 4.27. The van der Waals surface area contributed by atoms with E-state index in [0.29, 0.717) is 17.1 Å². The van der Waals surface area contributed by atoms with Crippen LogP contribution in [0.15, 0.2) is 42.5 Å². The summed E-state index contributed by atoms with van der Waals surface area (Å²) in [4.78, 5) is 24.3. The first-order valence-electron chi connectivity index (χ1n) is 10.9. The molecule has 4 N–H and O–H groups in total. The SMILES string of the molecule is O=C(C[C@H]1C[C@@H]2c3cc(NC(=O)Nc4ccc(F)cc4)ccc3O[C@@H]2[C@@H](CO)O1)NCC(F)(F)F. The highest BCUT2D eigenvalue weighted by atomic mass is 19.4. The number of fused-ring (bicyclic) bond motifs is 3. The third kappa shape index (κ3) is 6.20. The van der Waals surface area contributed by atoms with Crippen LogP contribution in [0.1, 0.15) is 24.3 Å². The van der Waals surface area contributed by atoms with Gasteiger partial charge in [0.1, 0.15) is 30.3 Å². The standard InChI is InChI=1S/C23H23F4N3O5/c24-12-1-3-13(4-2-12)29-22(33)30-14-5-6-18-16(7-14)17-8-15(34-19(10-31)21(17)35-18)9-20(32)28-11-23(25,26)27/h1-7,15,17,19,21,31H,8-11H2,(H,28,32)(H2,29,30,33)/t15-,17-,19-,21+/m1/s1. The van der Waals surface area contributed by atoms with Gasteiger partial charge < -0.3 is 30.5 Å². The Labute approximate surface area is 197 Å². The summed E-state index contributed by atoms with van der Waals surface area (Å²) in [7, 11) is 0. The Bertz CT molecular complexity index is 1080. The van der Waals surface area contributed by atoms with E-state index < -0.39 is 55.4 Å². The van der Waals surface area contributed by atoms with E-state index in [0.717, 1.165) is 5.56 Å². The molecule has 2 aliphatic heterocycles. The summed E-state index contributed by atoms with van der Waals surface area (Å²) in [6, 6.07) is 9.68. The maximum Gasteiger partial charge on any atom is 0.405 e. The number of amides is 3. The number of aliphatic hydroxyl groups excluding tert-OH is 1. The first-order chi connectivity index (χ1) is 16.6. The minimum Gasteiger partial charge on any atom is -0.487 e. The van der Waals surface area contributed by atoms with Gasteiger partial charge in [0.2, 0.25) is 5.91 Å². The predicted molar refractivity (Wildman–Crippen MR) is 117 cm³/mol. The van der Waals surface area contributed by atoms with Crippen LogP contribution in [0.3, 0.4) is 0 Å². The number of nitrogens with one attached hydrogen (secondary N) is 3. The second-order valence-corrected chi connectivity index (χ2v) is 8.34. The van der Waals surface area contributed by atoms with E-state index >= 15 is 0 Å². The first kappa shape index (κ1) is 24.7. The Hall–Kier alpha value is -3.38. The molecule has 35 heavy (non-hydrogen) atoms. The number of rotatable bonds is 6. The van der Waals surface area contributed by atoms with Gasteiger partial charge in [-0.2, -0.15) is 13.2 Å². The quantitative estimate of drug-likeness (QED) is 0.457. The highest BCUT2D eigenvalue weighted by molar-refractivity contribution is 5.99. The molecule has 12 heteroatoms. The molecule has 1 saturated heterocycles. The van der Waals surface area contributed by atoms with Crippen LogP contribution in [0, 0.1) is 5.82 Å². The lowest BCUT2D eigenvalue weighted by atomic mass is 9.84. The van der Waals surface area contributed by atoms with Gasteiger partial charge in [0.15, 0.2) is 0 Å². The normalized spacial score (nSPS) is 23.0. The molecule has 0 saturated carbocycles. The number of carbonyl (C=O) groups is 2. The number of hydrogen-bond donors (Lipinski definition) is 4. The fraction of sp³-hybridized carbons (Fsp3) is 0.391. The summed E-state index contributed by atoms with van der Waals surface area (Å²) in [6.07, 6.45) is -6.60. The van der Waals surface area contributed by atoms with Gasteiger partial charge in [-0.05, 0) is 48.9 Å². The summed E-state index contributed by atoms with van der Waals surface area (Å²) in [5, 5.41) is 16.9. The number of urea groups is 1. The molecule has 4 atom stereocenters. The Balaban J connectivity index is 1.43. The van der Waals surface area contributed by atoms with Crippen LogP contribution < -0.4 is 20.7 Å². The van der Waals surface area contributed by atoms with Crippen molar-refractivity contribution in [1.29, 1.82) is 0 Å². The van der Waals surface area contributed by atoms with E-state index in [1.807, 2.05) is 5.32 Å².